The fourth-order valence-electron chi connectivity index (χ4n) is 2.63. The van der Waals surface area contributed by atoms with Crippen LogP contribution in [0.5, 0.6) is 0 Å². The highest BCUT2D eigenvalue weighted by atomic mass is 19.1. The molecule has 0 aromatic heterocycles. The molecule has 0 bridgehead atoms. The SMILES string of the molecule is CCc1ccccc1N(CCC(=O)NCc1ccc(F)cc1)C(C)=O. The van der Waals surface area contributed by atoms with Crippen molar-refractivity contribution in [1.29, 1.82) is 0 Å². The molecule has 0 atom stereocenters. The van der Waals surface area contributed by atoms with Gasteiger partial charge in [-0.3, -0.25) is 9.59 Å². The molecular formula is C20H23FN2O2. The van der Waals surface area contributed by atoms with Gasteiger partial charge in [0.15, 0.2) is 0 Å². The summed E-state index contributed by atoms with van der Waals surface area (Å²) in [5.41, 5.74) is 2.75. The number of nitrogens with one attached hydrogen (secondary N) is 1. The summed E-state index contributed by atoms with van der Waals surface area (Å²) in [7, 11) is 0. The van der Waals surface area contributed by atoms with Gasteiger partial charge >= 0.3 is 0 Å². The van der Waals surface area contributed by atoms with Crippen LogP contribution in [0.4, 0.5) is 10.1 Å². The third-order valence-electron chi connectivity index (χ3n) is 4.01. The van der Waals surface area contributed by atoms with Gasteiger partial charge in [0.1, 0.15) is 5.82 Å². The zero-order valence-corrected chi connectivity index (χ0v) is 14.6. The quantitative estimate of drug-likeness (QED) is 0.838. The van der Waals surface area contributed by atoms with Crippen molar-refractivity contribution in [3.8, 4) is 0 Å². The Balaban J connectivity index is 1.93. The van der Waals surface area contributed by atoms with E-state index < -0.39 is 0 Å². The molecule has 0 radical (unpaired) electrons. The number of anilines is 1. The molecule has 0 spiro atoms. The Hall–Kier alpha value is -2.69. The third-order valence-corrected chi connectivity index (χ3v) is 4.01. The van der Waals surface area contributed by atoms with E-state index >= 15 is 0 Å². The lowest BCUT2D eigenvalue weighted by Gasteiger charge is -2.23. The van der Waals surface area contributed by atoms with Crippen LogP contribution in [0, 0.1) is 5.82 Å². The summed E-state index contributed by atoms with van der Waals surface area (Å²) >= 11 is 0. The highest BCUT2D eigenvalue weighted by molar-refractivity contribution is 5.93. The number of aryl methyl sites for hydroxylation is 1. The van der Waals surface area contributed by atoms with E-state index in [2.05, 4.69) is 5.32 Å². The standard InChI is InChI=1S/C20H23FN2O2/c1-3-17-6-4-5-7-19(17)23(15(2)24)13-12-20(25)22-14-16-8-10-18(21)11-9-16/h4-11H,3,12-14H2,1-2H3,(H,22,25). The third kappa shape index (κ3) is 5.41. The number of nitrogens with zero attached hydrogens (tertiary/aromatic N) is 1. The van der Waals surface area contributed by atoms with Crippen LogP contribution in [0.25, 0.3) is 0 Å². The van der Waals surface area contributed by atoms with E-state index in [0.717, 1.165) is 23.2 Å². The van der Waals surface area contributed by atoms with Crippen LogP contribution in [-0.4, -0.2) is 18.4 Å². The van der Waals surface area contributed by atoms with Crippen molar-refractivity contribution in [2.75, 3.05) is 11.4 Å². The topological polar surface area (TPSA) is 49.4 Å². The number of amides is 2. The average Bonchev–Trinajstić information content (AvgIpc) is 2.61. The molecular weight excluding hydrogens is 319 g/mol. The van der Waals surface area contributed by atoms with E-state index in [0.29, 0.717) is 13.1 Å². The summed E-state index contributed by atoms with van der Waals surface area (Å²) < 4.78 is 12.9. The van der Waals surface area contributed by atoms with Crippen molar-refractivity contribution in [3.05, 3.63) is 65.5 Å². The van der Waals surface area contributed by atoms with E-state index in [1.54, 1.807) is 17.0 Å². The Kier molecular flexibility index (Phi) is 6.69. The Bertz CT molecular complexity index is 729. The van der Waals surface area contributed by atoms with Crippen LogP contribution in [0.2, 0.25) is 0 Å². The molecule has 0 fully saturated rings. The zero-order valence-electron chi connectivity index (χ0n) is 14.6. The second kappa shape index (κ2) is 8.97. The molecule has 5 heteroatoms. The first-order chi connectivity index (χ1) is 12.0. The lowest BCUT2D eigenvalue weighted by Crippen LogP contribution is -2.34. The van der Waals surface area contributed by atoms with Gasteiger partial charge < -0.3 is 10.2 Å². The van der Waals surface area contributed by atoms with Gasteiger partial charge in [0.25, 0.3) is 0 Å². The number of hydrogen-bond donors (Lipinski definition) is 1. The molecule has 2 amide bonds. The van der Waals surface area contributed by atoms with E-state index in [4.69, 9.17) is 0 Å². The van der Waals surface area contributed by atoms with Crippen LogP contribution < -0.4 is 10.2 Å². The predicted octanol–water partition coefficient (Wildman–Crippen LogP) is 3.45. The Morgan fingerprint density at radius 3 is 2.40 bits per heavy atom. The predicted molar refractivity (Wildman–Crippen MR) is 96.7 cm³/mol. The van der Waals surface area contributed by atoms with E-state index in [1.807, 2.05) is 31.2 Å². The van der Waals surface area contributed by atoms with Gasteiger partial charge in [0, 0.05) is 32.1 Å². The molecule has 2 aromatic rings. The number of halogens is 1. The monoisotopic (exact) mass is 342 g/mol. The molecule has 2 aromatic carbocycles. The first kappa shape index (κ1) is 18.6. The maximum Gasteiger partial charge on any atom is 0.223 e. The maximum atomic E-state index is 12.9. The normalized spacial score (nSPS) is 10.4. The minimum atomic E-state index is -0.304. The number of para-hydroxylation sites is 1. The minimum absolute atomic E-state index is 0.0905. The van der Waals surface area contributed by atoms with Gasteiger partial charge in [0.2, 0.25) is 11.8 Å². The zero-order chi connectivity index (χ0) is 18.2. The molecule has 1 N–H and O–H groups in total. The highest BCUT2D eigenvalue weighted by Gasteiger charge is 2.15. The molecule has 0 aliphatic carbocycles. The van der Waals surface area contributed by atoms with Gasteiger partial charge in [-0.2, -0.15) is 0 Å². The molecule has 0 unspecified atom stereocenters. The first-order valence-electron chi connectivity index (χ1n) is 8.38. The minimum Gasteiger partial charge on any atom is -0.352 e. The molecule has 132 valence electrons. The molecule has 0 heterocycles. The molecule has 4 nitrogen and oxygen atoms in total. The first-order valence-corrected chi connectivity index (χ1v) is 8.38. The van der Waals surface area contributed by atoms with Crippen molar-refractivity contribution in [2.45, 2.75) is 33.2 Å². The lowest BCUT2D eigenvalue weighted by atomic mass is 10.1. The van der Waals surface area contributed by atoms with Crippen molar-refractivity contribution < 1.29 is 14.0 Å². The summed E-state index contributed by atoms with van der Waals surface area (Å²) in [6.07, 6.45) is 1.02. The van der Waals surface area contributed by atoms with Crippen LogP contribution >= 0.6 is 0 Å². The second-order valence-electron chi connectivity index (χ2n) is 5.81. The van der Waals surface area contributed by atoms with Crippen molar-refractivity contribution in [2.24, 2.45) is 0 Å². The van der Waals surface area contributed by atoms with Crippen molar-refractivity contribution in [3.63, 3.8) is 0 Å². The summed E-state index contributed by atoms with van der Waals surface area (Å²) in [4.78, 5) is 25.7. The van der Waals surface area contributed by atoms with Gasteiger partial charge in [0.05, 0.1) is 0 Å². The van der Waals surface area contributed by atoms with Crippen molar-refractivity contribution in [1.82, 2.24) is 5.32 Å². The van der Waals surface area contributed by atoms with E-state index in [-0.39, 0.29) is 24.1 Å². The average molecular weight is 342 g/mol. The molecule has 2 rings (SSSR count). The highest BCUT2D eigenvalue weighted by Crippen LogP contribution is 2.21. The van der Waals surface area contributed by atoms with Crippen LogP contribution in [-0.2, 0) is 22.6 Å². The van der Waals surface area contributed by atoms with Gasteiger partial charge in [-0.1, -0.05) is 37.3 Å². The largest absolute Gasteiger partial charge is 0.352 e. The Morgan fingerprint density at radius 1 is 1.08 bits per heavy atom. The van der Waals surface area contributed by atoms with Crippen molar-refractivity contribution >= 4 is 17.5 Å². The van der Waals surface area contributed by atoms with Gasteiger partial charge in [-0.25, -0.2) is 4.39 Å². The smallest absolute Gasteiger partial charge is 0.223 e. The van der Waals surface area contributed by atoms with Gasteiger partial charge in [-0.05, 0) is 35.7 Å². The van der Waals surface area contributed by atoms with Crippen LogP contribution in [0.3, 0.4) is 0 Å². The number of carbonyl (C=O) groups is 2. The van der Waals surface area contributed by atoms with Gasteiger partial charge in [-0.15, -0.1) is 0 Å². The molecule has 0 aliphatic heterocycles. The molecule has 0 aliphatic rings. The Morgan fingerprint density at radius 2 is 1.76 bits per heavy atom. The fourth-order valence-corrected chi connectivity index (χ4v) is 2.63. The summed E-state index contributed by atoms with van der Waals surface area (Å²) in [5.74, 6) is -0.543. The van der Waals surface area contributed by atoms with E-state index in [1.165, 1.54) is 19.1 Å². The van der Waals surface area contributed by atoms with Crippen LogP contribution in [0.1, 0.15) is 31.4 Å². The summed E-state index contributed by atoms with van der Waals surface area (Å²) in [6.45, 7) is 4.20. The molecule has 25 heavy (non-hydrogen) atoms. The van der Waals surface area contributed by atoms with Crippen LogP contribution in [0.15, 0.2) is 48.5 Å². The number of hydrogen-bond acceptors (Lipinski definition) is 2. The lowest BCUT2D eigenvalue weighted by molar-refractivity contribution is -0.121. The number of carbonyl (C=O) groups excluding carboxylic acids is 2. The summed E-state index contributed by atoms with van der Waals surface area (Å²) in [5, 5.41) is 2.79. The number of rotatable bonds is 7. The number of benzene rings is 2. The molecule has 0 saturated carbocycles. The fraction of sp³-hybridized carbons (Fsp3) is 0.300. The van der Waals surface area contributed by atoms with E-state index in [9.17, 15) is 14.0 Å². The second-order valence-corrected chi connectivity index (χ2v) is 5.81. The summed E-state index contributed by atoms with van der Waals surface area (Å²) in [6, 6.07) is 13.7. The molecule has 0 saturated heterocycles. The Labute approximate surface area is 147 Å². The maximum absolute atomic E-state index is 12.9.